The van der Waals surface area contributed by atoms with Crippen molar-refractivity contribution in [2.75, 3.05) is 6.61 Å². The maximum Gasteiger partial charge on any atom is 0.255 e. The Hall–Kier alpha value is -2.10. The van der Waals surface area contributed by atoms with E-state index < -0.39 is 5.91 Å². The van der Waals surface area contributed by atoms with Crippen molar-refractivity contribution in [1.29, 1.82) is 0 Å². The Morgan fingerprint density at radius 1 is 1.35 bits per heavy atom. The lowest BCUT2D eigenvalue weighted by Crippen LogP contribution is -2.19. The first-order valence-electron chi connectivity index (χ1n) is 5.35. The Bertz CT molecular complexity index is 579. The van der Waals surface area contributed by atoms with Crippen LogP contribution >= 0.6 is 0 Å². The lowest BCUT2D eigenvalue weighted by Gasteiger charge is -2.07. The van der Waals surface area contributed by atoms with Gasteiger partial charge < -0.3 is 10.5 Å². The van der Waals surface area contributed by atoms with E-state index >= 15 is 0 Å². The molecule has 0 saturated carbocycles. The number of aromatic nitrogens is 1. The molecular weight excluding hydrogens is 216 g/mol. The van der Waals surface area contributed by atoms with Gasteiger partial charge in [0.2, 0.25) is 0 Å². The zero-order valence-electron chi connectivity index (χ0n) is 9.86. The maximum absolute atomic E-state index is 10.6. The summed E-state index contributed by atoms with van der Waals surface area (Å²) >= 11 is 0. The molecule has 1 aromatic heterocycles. The van der Waals surface area contributed by atoms with Crippen LogP contribution in [0.1, 0.15) is 11.3 Å². The van der Waals surface area contributed by atoms with Gasteiger partial charge in [-0.1, -0.05) is 0 Å². The Morgan fingerprint density at radius 2 is 2.12 bits per heavy atom. The van der Waals surface area contributed by atoms with Crippen LogP contribution in [0.2, 0.25) is 0 Å². The summed E-state index contributed by atoms with van der Waals surface area (Å²) in [5.74, 6) is 0.147. The zero-order chi connectivity index (χ0) is 12.4. The average molecular weight is 230 g/mol. The minimum Gasteiger partial charge on any atom is -0.484 e. The third kappa shape index (κ3) is 2.53. The molecule has 4 nitrogen and oxygen atoms in total. The second-order valence-corrected chi connectivity index (χ2v) is 4.01. The number of benzene rings is 1. The van der Waals surface area contributed by atoms with Crippen molar-refractivity contribution in [3.05, 3.63) is 35.5 Å². The van der Waals surface area contributed by atoms with E-state index in [1.165, 1.54) is 0 Å². The molecule has 0 atom stereocenters. The SMILES string of the molecule is Cc1cc(C)c2cc(OCC(N)=O)ccc2n1. The number of carbonyl (C=O) groups is 1. The van der Waals surface area contributed by atoms with E-state index in [2.05, 4.69) is 4.98 Å². The summed E-state index contributed by atoms with van der Waals surface area (Å²) in [5, 5.41) is 1.03. The minimum atomic E-state index is -0.483. The number of rotatable bonds is 3. The molecule has 0 saturated heterocycles. The molecule has 0 fully saturated rings. The van der Waals surface area contributed by atoms with Gasteiger partial charge in [0.05, 0.1) is 5.52 Å². The largest absolute Gasteiger partial charge is 0.484 e. The van der Waals surface area contributed by atoms with Crippen LogP contribution < -0.4 is 10.5 Å². The molecule has 0 spiro atoms. The number of primary amides is 1. The molecule has 0 bridgehead atoms. The molecule has 0 radical (unpaired) electrons. The number of hydrogen-bond acceptors (Lipinski definition) is 3. The van der Waals surface area contributed by atoms with Crippen molar-refractivity contribution < 1.29 is 9.53 Å². The third-order valence-corrected chi connectivity index (χ3v) is 2.50. The fourth-order valence-electron chi connectivity index (χ4n) is 1.79. The lowest BCUT2D eigenvalue weighted by atomic mass is 10.1. The second-order valence-electron chi connectivity index (χ2n) is 4.01. The monoisotopic (exact) mass is 230 g/mol. The standard InChI is InChI=1S/C13H14N2O2/c1-8-5-9(2)15-12-4-3-10(6-11(8)12)17-7-13(14)16/h3-6H,7H2,1-2H3,(H2,14,16). The van der Waals surface area contributed by atoms with E-state index in [0.717, 1.165) is 22.2 Å². The molecule has 2 aromatic rings. The highest BCUT2D eigenvalue weighted by molar-refractivity contribution is 5.83. The Labute approximate surface area is 99.4 Å². The van der Waals surface area contributed by atoms with Crippen LogP contribution in [0.25, 0.3) is 10.9 Å². The van der Waals surface area contributed by atoms with Crippen molar-refractivity contribution in [2.24, 2.45) is 5.73 Å². The molecule has 2 N–H and O–H groups in total. The van der Waals surface area contributed by atoms with Gasteiger partial charge in [-0.05, 0) is 43.7 Å². The first-order chi connectivity index (χ1) is 8.06. The number of hydrogen-bond donors (Lipinski definition) is 1. The minimum absolute atomic E-state index is 0.107. The van der Waals surface area contributed by atoms with Gasteiger partial charge in [-0.3, -0.25) is 9.78 Å². The summed E-state index contributed by atoms with van der Waals surface area (Å²) in [7, 11) is 0. The second kappa shape index (κ2) is 4.41. The van der Waals surface area contributed by atoms with Crippen LogP contribution in [-0.4, -0.2) is 17.5 Å². The number of nitrogens with two attached hydrogens (primary N) is 1. The van der Waals surface area contributed by atoms with Crippen molar-refractivity contribution in [3.63, 3.8) is 0 Å². The Balaban J connectivity index is 2.40. The Kier molecular flexibility index (Phi) is 2.95. The van der Waals surface area contributed by atoms with Crippen molar-refractivity contribution >= 4 is 16.8 Å². The number of fused-ring (bicyclic) bond motifs is 1. The summed E-state index contributed by atoms with van der Waals surface area (Å²) in [4.78, 5) is 15.1. The van der Waals surface area contributed by atoms with Crippen LogP contribution in [0.4, 0.5) is 0 Å². The van der Waals surface area contributed by atoms with Gasteiger partial charge >= 0.3 is 0 Å². The molecule has 2 rings (SSSR count). The van der Waals surface area contributed by atoms with Crippen molar-refractivity contribution in [2.45, 2.75) is 13.8 Å². The van der Waals surface area contributed by atoms with Crippen molar-refractivity contribution in [1.82, 2.24) is 4.98 Å². The number of ether oxygens (including phenoxy) is 1. The predicted molar refractivity (Wildman–Crippen MR) is 65.9 cm³/mol. The van der Waals surface area contributed by atoms with Gasteiger partial charge in [0, 0.05) is 11.1 Å². The first-order valence-corrected chi connectivity index (χ1v) is 5.35. The average Bonchev–Trinajstić information content (AvgIpc) is 2.26. The summed E-state index contributed by atoms with van der Waals surface area (Å²) in [6.45, 7) is 3.88. The quantitative estimate of drug-likeness (QED) is 0.873. The van der Waals surface area contributed by atoms with Gasteiger partial charge in [-0.15, -0.1) is 0 Å². The highest BCUT2D eigenvalue weighted by Gasteiger charge is 2.03. The summed E-state index contributed by atoms with van der Waals surface area (Å²) < 4.78 is 5.26. The highest BCUT2D eigenvalue weighted by Crippen LogP contribution is 2.23. The van der Waals surface area contributed by atoms with E-state index in [0.29, 0.717) is 5.75 Å². The molecule has 1 heterocycles. The normalized spacial score (nSPS) is 10.5. The molecule has 17 heavy (non-hydrogen) atoms. The van der Waals surface area contributed by atoms with E-state index in [1.807, 2.05) is 32.0 Å². The van der Waals surface area contributed by atoms with Crippen molar-refractivity contribution in [3.8, 4) is 5.75 Å². The van der Waals surface area contributed by atoms with E-state index in [4.69, 9.17) is 10.5 Å². The predicted octanol–water partition coefficient (Wildman–Crippen LogP) is 1.72. The highest BCUT2D eigenvalue weighted by atomic mass is 16.5. The summed E-state index contributed by atoms with van der Waals surface area (Å²) in [6.07, 6.45) is 0. The van der Waals surface area contributed by atoms with Crippen LogP contribution in [-0.2, 0) is 4.79 Å². The van der Waals surface area contributed by atoms with Gasteiger partial charge in [-0.25, -0.2) is 0 Å². The number of nitrogens with zero attached hydrogens (tertiary/aromatic N) is 1. The van der Waals surface area contributed by atoms with Crippen LogP contribution in [0, 0.1) is 13.8 Å². The van der Waals surface area contributed by atoms with Gasteiger partial charge in [-0.2, -0.15) is 0 Å². The summed E-state index contributed by atoms with van der Waals surface area (Å²) in [6, 6.07) is 7.56. The Morgan fingerprint density at radius 3 is 2.82 bits per heavy atom. The van der Waals surface area contributed by atoms with Gasteiger partial charge in [0.25, 0.3) is 5.91 Å². The molecule has 1 aromatic carbocycles. The van der Waals surface area contributed by atoms with Crippen LogP contribution in [0.15, 0.2) is 24.3 Å². The molecular formula is C13H14N2O2. The van der Waals surface area contributed by atoms with Gasteiger partial charge in [0.15, 0.2) is 6.61 Å². The topological polar surface area (TPSA) is 65.2 Å². The molecule has 0 unspecified atom stereocenters. The smallest absolute Gasteiger partial charge is 0.255 e. The number of pyridine rings is 1. The van der Waals surface area contributed by atoms with Crippen LogP contribution in [0.3, 0.4) is 0 Å². The number of amides is 1. The molecule has 4 heteroatoms. The van der Waals surface area contributed by atoms with E-state index in [-0.39, 0.29) is 6.61 Å². The first kappa shape index (κ1) is 11.4. The molecule has 0 aliphatic carbocycles. The number of carbonyl (C=O) groups excluding carboxylic acids is 1. The number of aryl methyl sites for hydroxylation is 2. The molecule has 0 aliphatic heterocycles. The van der Waals surface area contributed by atoms with Crippen LogP contribution in [0.5, 0.6) is 5.75 Å². The molecule has 0 aliphatic rings. The molecule has 1 amide bonds. The van der Waals surface area contributed by atoms with E-state index in [1.54, 1.807) is 6.07 Å². The maximum atomic E-state index is 10.6. The van der Waals surface area contributed by atoms with Gasteiger partial charge in [0.1, 0.15) is 5.75 Å². The zero-order valence-corrected chi connectivity index (χ0v) is 9.86. The lowest BCUT2D eigenvalue weighted by molar-refractivity contribution is -0.119. The molecule has 88 valence electrons. The third-order valence-electron chi connectivity index (χ3n) is 2.50. The fourth-order valence-corrected chi connectivity index (χ4v) is 1.79. The fraction of sp³-hybridized carbons (Fsp3) is 0.231. The van der Waals surface area contributed by atoms with E-state index in [9.17, 15) is 4.79 Å². The summed E-state index contributed by atoms with van der Waals surface area (Å²) in [5.41, 5.74) is 8.07.